The van der Waals surface area contributed by atoms with Gasteiger partial charge in [0, 0.05) is 19.5 Å². The normalized spacial score (nSPS) is 22.4. The maximum absolute atomic E-state index is 11.8. The van der Waals surface area contributed by atoms with Gasteiger partial charge in [-0.25, -0.2) is 0 Å². The van der Waals surface area contributed by atoms with Crippen LogP contribution in [0.25, 0.3) is 0 Å². The molecular formula is C13H23NO3. The molecule has 0 aromatic rings. The van der Waals surface area contributed by atoms with Gasteiger partial charge >= 0.3 is 5.97 Å². The molecule has 1 amide bonds. The van der Waals surface area contributed by atoms with Crippen molar-refractivity contribution in [2.45, 2.75) is 46.5 Å². The molecule has 4 heteroatoms. The number of amides is 1. The number of aliphatic carboxylic acids is 1. The summed E-state index contributed by atoms with van der Waals surface area (Å²) in [6, 6.07) is 0. The summed E-state index contributed by atoms with van der Waals surface area (Å²) < 4.78 is 0. The topological polar surface area (TPSA) is 57.6 Å². The summed E-state index contributed by atoms with van der Waals surface area (Å²) in [5.41, 5.74) is 0.225. The summed E-state index contributed by atoms with van der Waals surface area (Å²) >= 11 is 0. The van der Waals surface area contributed by atoms with Crippen molar-refractivity contribution < 1.29 is 14.7 Å². The van der Waals surface area contributed by atoms with Gasteiger partial charge in [0.1, 0.15) is 0 Å². The van der Waals surface area contributed by atoms with Crippen molar-refractivity contribution in [3.05, 3.63) is 0 Å². The summed E-state index contributed by atoms with van der Waals surface area (Å²) in [6.45, 7) is 7.66. The van der Waals surface area contributed by atoms with Crippen LogP contribution in [-0.2, 0) is 9.59 Å². The number of carbonyl (C=O) groups excluding carboxylic acids is 1. The molecule has 1 heterocycles. The zero-order valence-electron chi connectivity index (χ0n) is 11.0. The Morgan fingerprint density at radius 3 is 2.59 bits per heavy atom. The van der Waals surface area contributed by atoms with Crippen molar-refractivity contribution in [3.8, 4) is 0 Å². The fraction of sp³-hybridized carbons (Fsp3) is 0.846. The van der Waals surface area contributed by atoms with E-state index in [1.807, 2.05) is 0 Å². The second kappa shape index (κ2) is 5.52. The number of hydrogen-bond acceptors (Lipinski definition) is 2. The third-order valence-electron chi connectivity index (χ3n) is 3.63. The van der Waals surface area contributed by atoms with Gasteiger partial charge in [-0.2, -0.15) is 0 Å². The first kappa shape index (κ1) is 14.0. The summed E-state index contributed by atoms with van der Waals surface area (Å²) in [4.78, 5) is 24.1. The molecule has 1 saturated heterocycles. The van der Waals surface area contributed by atoms with E-state index >= 15 is 0 Å². The SMILES string of the molecule is CC(C)(C)C1CCC(=O)N(CCC(=O)O)CC1. The summed E-state index contributed by atoms with van der Waals surface area (Å²) in [6.07, 6.45) is 2.51. The lowest BCUT2D eigenvalue weighted by Gasteiger charge is -2.29. The lowest BCUT2D eigenvalue weighted by molar-refractivity contribution is -0.138. The fourth-order valence-electron chi connectivity index (χ4n) is 2.37. The molecule has 98 valence electrons. The predicted molar refractivity (Wildman–Crippen MR) is 65.6 cm³/mol. The Balaban J connectivity index is 2.55. The Kier molecular flexibility index (Phi) is 4.54. The molecule has 0 aromatic heterocycles. The molecule has 1 N–H and O–H groups in total. The molecule has 1 atom stereocenters. The van der Waals surface area contributed by atoms with Gasteiger partial charge in [0.25, 0.3) is 0 Å². The van der Waals surface area contributed by atoms with Gasteiger partial charge in [0.15, 0.2) is 0 Å². The molecule has 0 bridgehead atoms. The van der Waals surface area contributed by atoms with Gasteiger partial charge in [-0.1, -0.05) is 20.8 Å². The third-order valence-corrected chi connectivity index (χ3v) is 3.63. The van der Waals surface area contributed by atoms with E-state index in [0.29, 0.717) is 25.4 Å². The highest BCUT2D eigenvalue weighted by atomic mass is 16.4. The van der Waals surface area contributed by atoms with E-state index in [9.17, 15) is 9.59 Å². The van der Waals surface area contributed by atoms with Crippen molar-refractivity contribution in [3.63, 3.8) is 0 Å². The number of likely N-dealkylation sites (tertiary alicyclic amines) is 1. The maximum atomic E-state index is 11.8. The molecule has 0 aromatic carbocycles. The summed E-state index contributed by atoms with van der Waals surface area (Å²) in [5.74, 6) is -0.186. The van der Waals surface area contributed by atoms with Crippen molar-refractivity contribution >= 4 is 11.9 Å². The lowest BCUT2D eigenvalue weighted by Crippen LogP contribution is -2.32. The van der Waals surface area contributed by atoms with E-state index in [1.54, 1.807) is 4.90 Å². The van der Waals surface area contributed by atoms with Crippen LogP contribution in [0.15, 0.2) is 0 Å². The average Bonchev–Trinajstić information content (AvgIpc) is 2.36. The first-order chi connectivity index (χ1) is 7.80. The van der Waals surface area contributed by atoms with E-state index in [1.165, 1.54) is 0 Å². The standard InChI is InChI=1S/C13H23NO3/c1-13(2,3)10-4-5-11(15)14(8-6-10)9-7-12(16)17/h10H,4-9H2,1-3H3,(H,16,17). The second-order valence-corrected chi connectivity index (χ2v) is 5.91. The first-order valence-corrected chi connectivity index (χ1v) is 6.30. The number of carboxylic acids is 1. The quantitative estimate of drug-likeness (QED) is 0.823. The lowest BCUT2D eigenvalue weighted by atomic mass is 9.77. The zero-order chi connectivity index (χ0) is 13.1. The first-order valence-electron chi connectivity index (χ1n) is 6.30. The monoisotopic (exact) mass is 241 g/mol. The highest BCUT2D eigenvalue weighted by Crippen LogP contribution is 2.34. The van der Waals surface area contributed by atoms with E-state index in [4.69, 9.17) is 5.11 Å². The molecule has 0 aliphatic carbocycles. The minimum absolute atomic E-state index is 0.0475. The second-order valence-electron chi connectivity index (χ2n) is 5.91. The van der Waals surface area contributed by atoms with Crippen LogP contribution in [0.4, 0.5) is 0 Å². The highest BCUT2D eigenvalue weighted by molar-refractivity contribution is 5.77. The van der Waals surface area contributed by atoms with Crippen LogP contribution in [0.3, 0.4) is 0 Å². The van der Waals surface area contributed by atoms with Gasteiger partial charge in [0.2, 0.25) is 5.91 Å². The molecule has 1 fully saturated rings. The van der Waals surface area contributed by atoms with Crippen LogP contribution in [0.5, 0.6) is 0 Å². The average molecular weight is 241 g/mol. The molecule has 17 heavy (non-hydrogen) atoms. The van der Waals surface area contributed by atoms with Gasteiger partial charge in [-0.3, -0.25) is 9.59 Å². The van der Waals surface area contributed by atoms with Gasteiger partial charge < -0.3 is 10.0 Å². The van der Waals surface area contributed by atoms with Crippen molar-refractivity contribution in [1.29, 1.82) is 0 Å². The molecule has 4 nitrogen and oxygen atoms in total. The molecule has 1 aliphatic rings. The summed E-state index contributed by atoms with van der Waals surface area (Å²) in [7, 11) is 0. The Labute approximate surface area is 103 Å². The predicted octanol–water partition coefficient (Wildman–Crippen LogP) is 2.14. The van der Waals surface area contributed by atoms with Gasteiger partial charge in [-0.05, 0) is 24.2 Å². The molecule has 0 radical (unpaired) electrons. The number of nitrogens with zero attached hydrogens (tertiary/aromatic N) is 1. The third kappa shape index (κ3) is 4.36. The molecule has 1 rings (SSSR count). The minimum Gasteiger partial charge on any atom is -0.481 e. The zero-order valence-corrected chi connectivity index (χ0v) is 11.0. The van der Waals surface area contributed by atoms with E-state index in [-0.39, 0.29) is 17.7 Å². The van der Waals surface area contributed by atoms with Crippen LogP contribution < -0.4 is 0 Å². The van der Waals surface area contributed by atoms with Crippen molar-refractivity contribution in [2.75, 3.05) is 13.1 Å². The largest absolute Gasteiger partial charge is 0.481 e. The van der Waals surface area contributed by atoms with Crippen LogP contribution in [0, 0.1) is 11.3 Å². The highest BCUT2D eigenvalue weighted by Gasteiger charge is 2.29. The maximum Gasteiger partial charge on any atom is 0.305 e. The Hall–Kier alpha value is -1.06. The van der Waals surface area contributed by atoms with E-state index in [2.05, 4.69) is 20.8 Å². The van der Waals surface area contributed by atoms with Gasteiger partial charge in [-0.15, -0.1) is 0 Å². The van der Waals surface area contributed by atoms with E-state index < -0.39 is 5.97 Å². The van der Waals surface area contributed by atoms with Crippen LogP contribution >= 0.6 is 0 Å². The van der Waals surface area contributed by atoms with E-state index in [0.717, 1.165) is 12.8 Å². The molecular weight excluding hydrogens is 218 g/mol. The number of carbonyl (C=O) groups is 2. The van der Waals surface area contributed by atoms with Crippen LogP contribution in [-0.4, -0.2) is 35.0 Å². The number of carboxylic acid groups (broad SMARTS) is 1. The van der Waals surface area contributed by atoms with Crippen LogP contribution in [0.2, 0.25) is 0 Å². The Bertz CT molecular complexity index is 294. The van der Waals surface area contributed by atoms with Crippen molar-refractivity contribution in [1.82, 2.24) is 4.90 Å². The molecule has 1 unspecified atom stereocenters. The minimum atomic E-state index is -0.839. The molecule has 0 saturated carbocycles. The fourth-order valence-corrected chi connectivity index (χ4v) is 2.37. The summed E-state index contributed by atoms with van der Waals surface area (Å²) in [5, 5.41) is 8.64. The smallest absolute Gasteiger partial charge is 0.305 e. The van der Waals surface area contributed by atoms with Gasteiger partial charge in [0.05, 0.1) is 6.42 Å². The number of rotatable bonds is 3. The molecule has 0 spiro atoms. The Morgan fingerprint density at radius 1 is 1.41 bits per heavy atom. The Morgan fingerprint density at radius 2 is 2.06 bits per heavy atom. The molecule has 1 aliphatic heterocycles. The van der Waals surface area contributed by atoms with Crippen LogP contribution in [0.1, 0.15) is 46.5 Å². The number of hydrogen-bond donors (Lipinski definition) is 1. The van der Waals surface area contributed by atoms with Crippen molar-refractivity contribution in [2.24, 2.45) is 11.3 Å².